The maximum absolute atomic E-state index is 9.56. The molecule has 0 spiro atoms. The first-order chi connectivity index (χ1) is 6.63. The van der Waals surface area contributed by atoms with E-state index in [1.54, 1.807) is 12.2 Å². The summed E-state index contributed by atoms with van der Waals surface area (Å²) in [6.07, 6.45) is 6.01. The topological polar surface area (TPSA) is 60.7 Å². The van der Waals surface area contributed by atoms with Gasteiger partial charge in [0.15, 0.2) is 11.5 Å². The predicted molar refractivity (Wildman–Crippen MR) is 55.1 cm³/mol. The Morgan fingerprint density at radius 2 is 2.14 bits per heavy atom. The summed E-state index contributed by atoms with van der Waals surface area (Å²) in [5, 5.41) is 27.9. The maximum atomic E-state index is 9.56. The largest absolute Gasteiger partial charge is 0.504 e. The second-order valence-electron chi connectivity index (χ2n) is 3.82. The van der Waals surface area contributed by atoms with E-state index in [-0.39, 0.29) is 23.5 Å². The molecule has 0 heterocycles. The van der Waals surface area contributed by atoms with E-state index in [2.05, 4.69) is 0 Å². The van der Waals surface area contributed by atoms with Crippen LogP contribution in [0, 0.1) is 5.92 Å². The average molecular weight is 198 g/mol. The molecule has 0 saturated carbocycles. The van der Waals surface area contributed by atoms with E-state index in [4.69, 9.17) is 5.11 Å². The molecule has 1 rings (SSSR count). The summed E-state index contributed by atoms with van der Waals surface area (Å²) in [6.45, 7) is 2.03. The normalized spacial score (nSPS) is 24.0. The molecule has 3 N–H and O–H groups in total. The second kappa shape index (κ2) is 5.05. The third-order valence-corrected chi connectivity index (χ3v) is 2.47. The van der Waals surface area contributed by atoms with Crippen LogP contribution in [-0.4, -0.2) is 21.4 Å². The van der Waals surface area contributed by atoms with Crippen molar-refractivity contribution in [2.45, 2.75) is 38.7 Å². The minimum absolute atomic E-state index is 0.0498. The van der Waals surface area contributed by atoms with Crippen molar-refractivity contribution in [1.29, 1.82) is 0 Å². The van der Waals surface area contributed by atoms with Crippen molar-refractivity contribution in [3.63, 3.8) is 0 Å². The van der Waals surface area contributed by atoms with E-state index in [1.807, 2.05) is 6.92 Å². The molecule has 3 nitrogen and oxygen atoms in total. The van der Waals surface area contributed by atoms with Gasteiger partial charge in [-0.05, 0) is 37.3 Å². The number of aliphatic hydroxyl groups excluding tert-OH is 3. The van der Waals surface area contributed by atoms with E-state index < -0.39 is 0 Å². The molecule has 0 aromatic carbocycles. The van der Waals surface area contributed by atoms with Gasteiger partial charge in [-0.1, -0.05) is 13.3 Å². The number of aliphatic hydroxyl groups is 3. The molecule has 0 aromatic heterocycles. The Balaban J connectivity index is 2.42. The van der Waals surface area contributed by atoms with E-state index in [0.29, 0.717) is 12.8 Å². The standard InChI is InChI=1S/C11H18O3/c1-2-3-9(12)6-8-4-5-10(13)11(14)7-8/h5,7-9,12-14H,2-4,6H2,1H3/t8?,9-/m0/s1. The Hall–Kier alpha value is -0.960. The van der Waals surface area contributed by atoms with Crippen LogP contribution < -0.4 is 0 Å². The number of hydrogen-bond acceptors (Lipinski definition) is 3. The van der Waals surface area contributed by atoms with Crippen LogP contribution in [0.25, 0.3) is 0 Å². The fourth-order valence-corrected chi connectivity index (χ4v) is 1.71. The van der Waals surface area contributed by atoms with Gasteiger partial charge in [0.05, 0.1) is 6.10 Å². The molecule has 1 unspecified atom stereocenters. The zero-order valence-electron chi connectivity index (χ0n) is 8.48. The molecule has 0 radical (unpaired) electrons. The average Bonchev–Trinajstić information content (AvgIpc) is 2.12. The molecule has 0 bridgehead atoms. The Labute approximate surface area is 84.4 Å². The van der Waals surface area contributed by atoms with Gasteiger partial charge >= 0.3 is 0 Å². The van der Waals surface area contributed by atoms with Gasteiger partial charge < -0.3 is 15.3 Å². The van der Waals surface area contributed by atoms with E-state index in [9.17, 15) is 10.2 Å². The van der Waals surface area contributed by atoms with Crippen LogP contribution in [0.15, 0.2) is 23.7 Å². The first kappa shape index (κ1) is 11.1. The zero-order chi connectivity index (χ0) is 10.6. The lowest BCUT2D eigenvalue weighted by molar-refractivity contribution is 0.138. The Kier molecular flexibility index (Phi) is 4.01. The van der Waals surface area contributed by atoms with E-state index in [0.717, 1.165) is 12.8 Å². The summed E-state index contributed by atoms with van der Waals surface area (Å²) in [4.78, 5) is 0. The van der Waals surface area contributed by atoms with Crippen molar-refractivity contribution in [3.8, 4) is 0 Å². The van der Waals surface area contributed by atoms with Crippen LogP contribution in [-0.2, 0) is 0 Å². The first-order valence-corrected chi connectivity index (χ1v) is 5.11. The Morgan fingerprint density at radius 1 is 1.43 bits per heavy atom. The number of rotatable bonds is 4. The maximum Gasteiger partial charge on any atom is 0.153 e. The van der Waals surface area contributed by atoms with Gasteiger partial charge in [-0.15, -0.1) is 0 Å². The Bertz CT molecular complexity index is 243. The molecule has 1 aliphatic carbocycles. The van der Waals surface area contributed by atoms with Gasteiger partial charge in [0.25, 0.3) is 0 Å². The van der Waals surface area contributed by atoms with Crippen molar-refractivity contribution >= 4 is 0 Å². The molecule has 0 amide bonds. The lowest BCUT2D eigenvalue weighted by atomic mass is 9.92. The highest BCUT2D eigenvalue weighted by atomic mass is 16.3. The fraction of sp³-hybridized carbons (Fsp3) is 0.636. The molecule has 0 saturated heterocycles. The molecule has 0 fully saturated rings. The van der Waals surface area contributed by atoms with Crippen molar-refractivity contribution in [2.24, 2.45) is 5.92 Å². The smallest absolute Gasteiger partial charge is 0.153 e. The molecule has 3 heteroatoms. The molecule has 80 valence electrons. The minimum Gasteiger partial charge on any atom is -0.504 e. The van der Waals surface area contributed by atoms with Crippen LogP contribution in [0.4, 0.5) is 0 Å². The van der Waals surface area contributed by atoms with Crippen LogP contribution in [0.1, 0.15) is 32.6 Å². The second-order valence-corrected chi connectivity index (χ2v) is 3.82. The minimum atomic E-state index is -0.303. The van der Waals surface area contributed by atoms with Crippen LogP contribution >= 0.6 is 0 Å². The lowest BCUT2D eigenvalue weighted by Crippen LogP contribution is -2.14. The summed E-state index contributed by atoms with van der Waals surface area (Å²) in [5.74, 6) is 0.0311. The van der Waals surface area contributed by atoms with Gasteiger partial charge in [-0.2, -0.15) is 0 Å². The number of hydrogen-bond donors (Lipinski definition) is 3. The molecule has 2 atom stereocenters. The number of allylic oxidation sites excluding steroid dienone is 2. The van der Waals surface area contributed by atoms with Crippen LogP contribution in [0.5, 0.6) is 0 Å². The highest BCUT2D eigenvalue weighted by molar-refractivity contribution is 5.22. The summed E-state index contributed by atoms with van der Waals surface area (Å²) >= 11 is 0. The molecule has 0 aliphatic heterocycles. The van der Waals surface area contributed by atoms with Crippen LogP contribution in [0.2, 0.25) is 0 Å². The van der Waals surface area contributed by atoms with Crippen molar-refractivity contribution in [2.75, 3.05) is 0 Å². The molecular formula is C11H18O3. The highest BCUT2D eigenvalue weighted by Gasteiger charge is 2.17. The monoisotopic (exact) mass is 198 g/mol. The molecular weight excluding hydrogens is 180 g/mol. The van der Waals surface area contributed by atoms with Gasteiger partial charge in [0, 0.05) is 0 Å². The summed E-state index contributed by atoms with van der Waals surface area (Å²) in [5.41, 5.74) is 0. The fourth-order valence-electron chi connectivity index (χ4n) is 1.71. The highest BCUT2D eigenvalue weighted by Crippen LogP contribution is 2.24. The quantitative estimate of drug-likeness (QED) is 0.650. The van der Waals surface area contributed by atoms with E-state index >= 15 is 0 Å². The van der Waals surface area contributed by atoms with Crippen LogP contribution in [0.3, 0.4) is 0 Å². The van der Waals surface area contributed by atoms with Gasteiger partial charge in [-0.3, -0.25) is 0 Å². The molecule has 1 aliphatic rings. The molecule has 14 heavy (non-hydrogen) atoms. The summed E-state index contributed by atoms with van der Waals surface area (Å²) in [7, 11) is 0. The van der Waals surface area contributed by atoms with Crippen molar-refractivity contribution in [1.82, 2.24) is 0 Å². The molecule has 0 aromatic rings. The SMILES string of the molecule is CCC[C@H](O)CC1C=C(O)C(O)=CC1. The zero-order valence-corrected chi connectivity index (χ0v) is 8.48. The van der Waals surface area contributed by atoms with Gasteiger partial charge in [0.1, 0.15) is 0 Å². The lowest BCUT2D eigenvalue weighted by Gasteiger charge is -2.18. The van der Waals surface area contributed by atoms with Crippen molar-refractivity contribution in [3.05, 3.63) is 23.7 Å². The Morgan fingerprint density at radius 3 is 2.71 bits per heavy atom. The summed E-state index contributed by atoms with van der Waals surface area (Å²) in [6, 6.07) is 0. The first-order valence-electron chi connectivity index (χ1n) is 5.11. The third-order valence-electron chi connectivity index (χ3n) is 2.47. The van der Waals surface area contributed by atoms with E-state index in [1.165, 1.54) is 0 Å². The third kappa shape index (κ3) is 3.07. The van der Waals surface area contributed by atoms with Gasteiger partial charge in [-0.25, -0.2) is 0 Å². The van der Waals surface area contributed by atoms with Crippen molar-refractivity contribution < 1.29 is 15.3 Å². The summed E-state index contributed by atoms with van der Waals surface area (Å²) < 4.78 is 0. The van der Waals surface area contributed by atoms with Gasteiger partial charge in [0.2, 0.25) is 0 Å². The predicted octanol–water partition coefficient (Wildman–Crippen LogP) is 2.44.